The molecule has 0 spiro atoms. The van der Waals surface area contributed by atoms with Gasteiger partial charge in [-0.05, 0) is 57.9 Å². The lowest BCUT2D eigenvalue weighted by atomic mass is 9.96. The van der Waals surface area contributed by atoms with E-state index in [1.165, 1.54) is 11.1 Å². The fourth-order valence-corrected chi connectivity index (χ4v) is 3.04. The molecule has 0 saturated carbocycles. The van der Waals surface area contributed by atoms with Gasteiger partial charge in [0, 0.05) is 10.9 Å². The molecule has 20 heavy (non-hydrogen) atoms. The zero-order chi connectivity index (χ0) is 14.1. The van der Waals surface area contributed by atoms with E-state index in [9.17, 15) is 0 Å². The molecule has 0 amide bonds. The van der Waals surface area contributed by atoms with Crippen molar-refractivity contribution in [2.45, 2.75) is 12.5 Å². The van der Waals surface area contributed by atoms with E-state index in [1.807, 2.05) is 19.2 Å². The Morgan fingerprint density at radius 1 is 1.20 bits per heavy atom. The Morgan fingerprint density at radius 3 is 2.70 bits per heavy atom. The van der Waals surface area contributed by atoms with Crippen LogP contribution >= 0.6 is 27.5 Å². The first-order valence-electron chi connectivity index (χ1n) is 6.57. The Hall–Kier alpha value is -1.03. The minimum atomic E-state index is 0.131. The van der Waals surface area contributed by atoms with Crippen molar-refractivity contribution in [2.24, 2.45) is 0 Å². The highest BCUT2D eigenvalue weighted by Gasteiger charge is 2.17. The number of ether oxygens (including phenoxy) is 1. The molecular weight excluding hydrogens is 338 g/mol. The number of hydrogen-bond acceptors (Lipinski definition) is 2. The molecule has 1 atom stereocenters. The second kappa shape index (κ2) is 5.76. The smallest absolute Gasteiger partial charge is 0.122 e. The second-order valence-corrected chi connectivity index (χ2v) is 6.12. The third kappa shape index (κ3) is 2.58. The van der Waals surface area contributed by atoms with Crippen molar-refractivity contribution in [2.75, 3.05) is 13.7 Å². The van der Waals surface area contributed by atoms with Gasteiger partial charge in [0.2, 0.25) is 0 Å². The Balaban J connectivity index is 1.98. The second-order valence-electron chi connectivity index (χ2n) is 4.86. The molecule has 0 saturated heterocycles. The number of hydrogen-bond donors (Lipinski definition) is 1. The molecule has 1 aliphatic rings. The van der Waals surface area contributed by atoms with Gasteiger partial charge in [-0.15, -0.1) is 0 Å². The average molecular weight is 353 g/mol. The van der Waals surface area contributed by atoms with Gasteiger partial charge in [-0.1, -0.05) is 29.8 Å². The molecule has 1 aliphatic heterocycles. The minimum absolute atomic E-state index is 0.131. The monoisotopic (exact) mass is 351 g/mol. The van der Waals surface area contributed by atoms with Gasteiger partial charge in [0.1, 0.15) is 5.75 Å². The summed E-state index contributed by atoms with van der Waals surface area (Å²) in [4.78, 5) is 0. The molecule has 104 valence electrons. The molecule has 1 N–H and O–H groups in total. The molecule has 0 fully saturated rings. The first-order valence-corrected chi connectivity index (χ1v) is 7.74. The van der Waals surface area contributed by atoms with Crippen LogP contribution in [0.15, 0.2) is 40.9 Å². The Bertz CT molecular complexity index is 644. The topological polar surface area (TPSA) is 21.3 Å². The van der Waals surface area contributed by atoms with Crippen molar-refractivity contribution in [1.29, 1.82) is 0 Å². The third-order valence-corrected chi connectivity index (χ3v) is 4.84. The number of rotatable bonds is 3. The highest BCUT2D eigenvalue weighted by atomic mass is 79.9. The summed E-state index contributed by atoms with van der Waals surface area (Å²) >= 11 is 9.63. The number of fused-ring (bicyclic) bond motifs is 1. The van der Waals surface area contributed by atoms with Crippen molar-refractivity contribution >= 4 is 27.5 Å². The zero-order valence-electron chi connectivity index (χ0n) is 11.1. The van der Waals surface area contributed by atoms with Gasteiger partial charge in [0.25, 0.3) is 0 Å². The highest BCUT2D eigenvalue weighted by molar-refractivity contribution is 9.10. The van der Waals surface area contributed by atoms with E-state index in [2.05, 4.69) is 45.5 Å². The van der Waals surface area contributed by atoms with Crippen LogP contribution in [-0.4, -0.2) is 13.7 Å². The van der Waals surface area contributed by atoms with E-state index in [1.54, 1.807) is 0 Å². The first kappa shape index (κ1) is 13.9. The molecule has 1 heterocycles. The van der Waals surface area contributed by atoms with E-state index >= 15 is 0 Å². The van der Waals surface area contributed by atoms with Crippen LogP contribution in [0.25, 0.3) is 0 Å². The normalized spacial score (nSPS) is 14.8. The molecule has 0 aromatic heterocycles. The summed E-state index contributed by atoms with van der Waals surface area (Å²) in [5.41, 5.74) is 3.67. The van der Waals surface area contributed by atoms with Gasteiger partial charge in [0.15, 0.2) is 0 Å². The molecule has 2 aromatic rings. The van der Waals surface area contributed by atoms with Crippen LogP contribution in [-0.2, 0) is 6.42 Å². The van der Waals surface area contributed by atoms with Crippen LogP contribution < -0.4 is 10.1 Å². The molecular formula is C16H15BrClNO. The molecule has 3 rings (SSSR count). The lowest BCUT2D eigenvalue weighted by Gasteiger charge is -2.18. The molecule has 2 nitrogen and oxygen atoms in total. The summed E-state index contributed by atoms with van der Waals surface area (Å²) in [6.45, 7) is 0.785. The van der Waals surface area contributed by atoms with Crippen molar-refractivity contribution in [3.63, 3.8) is 0 Å². The van der Waals surface area contributed by atoms with Crippen LogP contribution in [0.5, 0.6) is 5.75 Å². The maximum Gasteiger partial charge on any atom is 0.122 e. The SMILES string of the molecule is CNC(c1ccc(Br)c(Cl)c1)c1ccc2c(c1)CCO2. The summed E-state index contributed by atoms with van der Waals surface area (Å²) in [5.74, 6) is 1.01. The predicted octanol–water partition coefficient (Wildman–Crippen LogP) is 4.35. The molecule has 2 aromatic carbocycles. The van der Waals surface area contributed by atoms with Crippen molar-refractivity contribution in [3.8, 4) is 5.75 Å². The first-order chi connectivity index (χ1) is 9.69. The van der Waals surface area contributed by atoms with E-state index in [-0.39, 0.29) is 6.04 Å². The zero-order valence-corrected chi connectivity index (χ0v) is 13.5. The number of benzene rings is 2. The fourth-order valence-electron chi connectivity index (χ4n) is 2.60. The fraction of sp³-hybridized carbons (Fsp3) is 0.250. The van der Waals surface area contributed by atoms with Gasteiger partial charge in [0.05, 0.1) is 17.7 Å². The van der Waals surface area contributed by atoms with E-state index in [0.29, 0.717) is 0 Å². The Morgan fingerprint density at radius 2 is 1.95 bits per heavy atom. The van der Waals surface area contributed by atoms with Crippen LogP contribution in [0.1, 0.15) is 22.7 Å². The van der Waals surface area contributed by atoms with Crippen molar-refractivity contribution < 1.29 is 4.74 Å². The van der Waals surface area contributed by atoms with Gasteiger partial charge < -0.3 is 10.1 Å². The number of nitrogens with one attached hydrogen (secondary N) is 1. The quantitative estimate of drug-likeness (QED) is 0.887. The van der Waals surface area contributed by atoms with E-state index in [0.717, 1.165) is 33.8 Å². The summed E-state index contributed by atoms with van der Waals surface area (Å²) in [6.07, 6.45) is 0.987. The molecule has 0 radical (unpaired) electrons. The molecule has 0 aliphatic carbocycles. The minimum Gasteiger partial charge on any atom is -0.493 e. The van der Waals surface area contributed by atoms with Crippen molar-refractivity contribution in [3.05, 3.63) is 62.6 Å². The van der Waals surface area contributed by atoms with E-state index < -0.39 is 0 Å². The Labute approximate surface area is 132 Å². The molecule has 0 bridgehead atoms. The van der Waals surface area contributed by atoms with Gasteiger partial charge in [-0.2, -0.15) is 0 Å². The molecule has 4 heteroatoms. The maximum absolute atomic E-state index is 6.20. The van der Waals surface area contributed by atoms with Gasteiger partial charge in [-0.25, -0.2) is 0 Å². The summed E-state index contributed by atoms with van der Waals surface area (Å²) in [5, 5.41) is 4.09. The van der Waals surface area contributed by atoms with Crippen LogP contribution in [0.2, 0.25) is 5.02 Å². The average Bonchev–Trinajstić information content (AvgIpc) is 2.91. The standard InChI is InChI=1S/C16H15BrClNO/c1-19-16(12-2-4-13(17)14(18)9-12)11-3-5-15-10(8-11)6-7-20-15/h2-5,8-9,16,19H,6-7H2,1H3. The van der Waals surface area contributed by atoms with Crippen LogP contribution in [0.3, 0.4) is 0 Å². The lowest BCUT2D eigenvalue weighted by Crippen LogP contribution is -2.17. The summed E-state index contributed by atoms with van der Waals surface area (Å²) in [6, 6.07) is 12.6. The largest absolute Gasteiger partial charge is 0.493 e. The maximum atomic E-state index is 6.20. The van der Waals surface area contributed by atoms with Crippen LogP contribution in [0, 0.1) is 0 Å². The highest BCUT2D eigenvalue weighted by Crippen LogP contribution is 2.32. The summed E-state index contributed by atoms with van der Waals surface area (Å²) < 4.78 is 6.48. The Kier molecular flexibility index (Phi) is 4.01. The third-order valence-electron chi connectivity index (χ3n) is 3.61. The lowest BCUT2D eigenvalue weighted by molar-refractivity contribution is 0.357. The summed E-state index contributed by atoms with van der Waals surface area (Å²) in [7, 11) is 1.96. The van der Waals surface area contributed by atoms with E-state index in [4.69, 9.17) is 16.3 Å². The van der Waals surface area contributed by atoms with Crippen molar-refractivity contribution in [1.82, 2.24) is 5.32 Å². The van der Waals surface area contributed by atoms with Gasteiger partial charge >= 0.3 is 0 Å². The number of halogens is 2. The molecule has 1 unspecified atom stereocenters. The van der Waals surface area contributed by atoms with Crippen LogP contribution in [0.4, 0.5) is 0 Å². The van der Waals surface area contributed by atoms with Gasteiger partial charge in [-0.3, -0.25) is 0 Å². The predicted molar refractivity (Wildman–Crippen MR) is 85.7 cm³/mol.